The number of nitrogens with zero attached hydrogens (tertiary/aromatic N) is 3. The van der Waals surface area contributed by atoms with Crippen LogP contribution in [0.5, 0.6) is 0 Å². The van der Waals surface area contributed by atoms with Crippen LogP contribution >= 0.6 is 0 Å². The molecule has 6 heteroatoms. The minimum Gasteiger partial charge on any atom is -0.361 e. The molecular weight excluding hydrogens is 256 g/mol. The van der Waals surface area contributed by atoms with Crippen molar-refractivity contribution in [2.45, 2.75) is 32.4 Å². The SMILES string of the molecule is Cc1cc(CNC2CCN(CC(=O)N(C)C)CC2)no1. The van der Waals surface area contributed by atoms with Gasteiger partial charge in [0.05, 0.1) is 12.2 Å². The molecule has 0 aromatic carbocycles. The zero-order valence-electron chi connectivity index (χ0n) is 12.6. The van der Waals surface area contributed by atoms with E-state index in [9.17, 15) is 4.79 Å². The van der Waals surface area contributed by atoms with Gasteiger partial charge in [0.2, 0.25) is 5.91 Å². The molecule has 0 bridgehead atoms. The van der Waals surface area contributed by atoms with Crippen molar-refractivity contribution in [3.05, 3.63) is 17.5 Å². The normalized spacial score (nSPS) is 17.4. The first-order chi connectivity index (χ1) is 9.54. The summed E-state index contributed by atoms with van der Waals surface area (Å²) in [5.74, 6) is 1.02. The Balaban J connectivity index is 1.68. The second-order valence-corrected chi connectivity index (χ2v) is 5.65. The van der Waals surface area contributed by atoms with Crippen molar-refractivity contribution in [1.82, 2.24) is 20.3 Å². The molecule has 1 aliphatic heterocycles. The van der Waals surface area contributed by atoms with E-state index in [0.717, 1.165) is 43.9 Å². The molecule has 0 unspecified atom stereocenters. The maximum absolute atomic E-state index is 11.7. The smallest absolute Gasteiger partial charge is 0.236 e. The van der Waals surface area contributed by atoms with Gasteiger partial charge in [-0.25, -0.2) is 0 Å². The average Bonchev–Trinajstić information content (AvgIpc) is 2.83. The first kappa shape index (κ1) is 15.0. The molecule has 1 aliphatic rings. The average molecular weight is 280 g/mol. The van der Waals surface area contributed by atoms with Crippen molar-refractivity contribution < 1.29 is 9.32 Å². The lowest BCUT2D eigenvalue weighted by Gasteiger charge is -2.32. The number of hydrogen-bond donors (Lipinski definition) is 1. The van der Waals surface area contributed by atoms with Gasteiger partial charge >= 0.3 is 0 Å². The van der Waals surface area contributed by atoms with Crippen molar-refractivity contribution in [2.24, 2.45) is 0 Å². The van der Waals surface area contributed by atoms with Gasteiger partial charge < -0.3 is 14.7 Å². The van der Waals surface area contributed by atoms with Gasteiger partial charge in [-0.2, -0.15) is 0 Å². The maximum Gasteiger partial charge on any atom is 0.236 e. The highest BCUT2D eigenvalue weighted by atomic mass is 16.5. The molecule has 1 aromatic heterocycles. The van der Waals surface area contributed by atoms with Crippen LogP contribution in [0.4, 0.5) is 0 Å². The van der Waals surface area contributed by atoms with Crippen molar-refractivity contribution in [1.29, 1.82) is 0 Å². The number of aromatic nitrogens is 1. The number of carbonyl (C=O) groups is 1. The van der Waals surface area contributed by atoms with Crippen LogP contribution in [0.15, 0.2) is 10.6 Å². The predicted molar refractivity (Wildman–Crippen MR) is 76.2 cm³/mol. The van der Waals surface area contributed by atoms with E-state index in [4.69, 9.17) is 4.52 Å². The lowest BCUT2D eigenvalue weighted by Crippen LogP contribution is -2.45. The van der Waals surface area contributed by atoms with Crippen LogP contribution in [-0.2, 0) is 11.3 Å². The highest BCUT2D eigenvalue weighted by Crippen LogP contribution is 2.11. The monoisotopic (exact) mass is 280 g/mol. The number of carbonyl (C=O) groups excluding carboxylic acids is 1. The van der Waals surface area contributed by atoms with Gasteiger partial charge in [-0.15, -0.1) is 0 Å². The summed E-state index contributed by atoms with van der Waals surface area (Å²) in [5.41, 5.74) is 0.952. The number of likely N-dealkylation sites (tertiary alicyclic amines) is 1. The molecular formula is C14H24N4O2. The van der Waals surface area contributed by atoms with Crippen LogP contribution in [0, 0.1) is 6.92 Å². The molecule has 0 radical (unpaired) electrons. The third-order valence-electron chi connectivity index (χ3n) is 3.69. The van der Waals surface area contributed by atoms with Gasteiger partial charge in [0.15, 0.2) is 0 Å². The quantitative estimate of drug-likeness (QED) is 0.857. The molecule has 1 saturated heterocycles. The number of amides is 1. The second kappa shape index (κ2) is 6.85. The highest BCUT2D eigenvalue weighted by molar-refractivity contribution is 5.77. The molecule has 1 amide bonds. The Hall–Kier alpha value is -1.40. The van der Waals surface area contributed by atoms with Gasteiger partial charge in [0.25, 0.3) is 0 Å². The molecule has 1 N–H and O–H groups in total. The summed E-state index contributed by atoms with van der Waals surface area (Å²) in [5, 5.41) is 7.48. The Bertz CT molecular complexity index is 436. The van der Waals surface area contributed by atoms with Gasteiger partial charge in [0, 0.05) is 45.8 Å². The van der Waals surface area contributed by atoms with E-state index in [2.05, 4.69) is 15.4 Å². The Morgan fingerprint density at radius 2 is 2.20 bits per heavy atom. The van der Waals surface area contributed by atoms with Crippen molar-refractivity contribution in [3.8, 4) is 0 Å². The summed E-state index contributed by atoms with van der Waals surface area (Å²) < 4.78 is 5.05. The van der Waals surface area contributed by atoms with Crippen LogP contribution in [0.25, 0.3) is 0 Å². The first-order valence-corrected chi connectivity index (χ1v) is 7.12. The summed E-state index contributed by atoms with van der Waals surface area (Å²) in [6.45, 7) is 5.11. The van der Waals surface area contributed by atoms with Gasteiger partial charge in [-0.05, 0) is 19.8 Å². The van der Waals surface area contributed by atoms with E-state index in [1.165, 1.54) is 0 Å². The zero-order valence-corrected chi connectivity index (χ0v) is 12.6. The van der Waals surface area contributed by atoms with E-state index in [0.29, 0.717) is 12.6 Å². The summed E-state index contributed by atoms with van der Waals surface area (Å²) >= 11 is 0. The second-order valence-electron chi connectivity index (χ2n) is 5.65. The fourth-order valence-corrected chi connectivity index (χ4v) is 2.38. The molecule has 0 spiro atoms. The summed E-state index contributed by atoms with van der Waals surface area (Å²) in [6, 6.07) is 2.45. The molecule has 20 heavy (non-hydrogen) atoms. The molecule has 1 aromatic rings. The Labute approximate surface area is 120 Å². The van der Waals surface area contributed by atoms with Crippen LogP contribution in [0.2, 0.25) is 0 Å². The lowest BCUT2D eigenvalue weighted by molar-refractivity contribution is -0.130. The first-order valence-electron chi connectivity index (χ1n) is 7.12. The summed E-state index contributed by atoms with van der Waals surface area (Å²) in [4.78, 5) is 15.5. The van der Waals surface area contributed by atoms with Crippen LogP contribution < -0.4 is 5.32 Å². The number of aryl methyl sites for hydroxylation is 1. The molecule has 112 valence electrons. The number of piperidine rings is 1. The molecule has 2 rings (SSSR count). The number of hydrogen-bond acceptors (Lipinski definition) is 5. The van der Waals surface area contributed by atoms with Gasteiger partial charge in [-0.3, -0.25) is 9.69 Å². The van der Waals surface area contributed by atoms with Crippen LogP contribution in [-0.4, -0.2) is 60.6 Å². The fraction of sp³-hybridized carbons (Fsp3) is 0.714. The molecule has 0 aliphatic carbocycles. The highest BCUT2D eigenvalue weighted by Gasteiger charge is 2.21. The van der Waals surface area contributed by atoms with Gasteiger partial charge in [-0.1, -0.05) is 5.16 Å². The third kappa shape index (κ3) is 4.31. The molecule has 0 saturated carbocycles. The van der Waals surface area contributed by atoms with E-state index < -0.39 is 0 Å². The van der Waals surface area contributed by atoms with Crippen LogP contribution in [0.1, 0.15) is 24.3 Å². The molecule has 6 nitrogen and oxygen atoms in total. The number of nitrogens with one attached hydrogen (secondary N) is 1. The maximum atomic E-state index is 11.7. The number of likely N-dealkylation sites (N-methyl/N-ethyl adjacent to an activating group) is 1. The Kier molecular flexibility index (Phi) is 5.14. The van der Waals surface area contributed by atoms with Crippen LogP contribution in [0.3, 0.4) is 0 Å². The molecule has 2 heterocycles. The Morgan fingerprint density at radius 3 is 2.75 bits per heavy atom. The standard InChI is InChI=1S/C14H24N4O2/c1-11-8-13(16-20-11)9-15-12-4-6-18(7-5-12)10-14(19)17(2)3/h8,12,15H,4-7,9-10H2,1-3H3. The van der Waals surface area contributed by atoms with Crippen molar-refractivity contribution in [3.63, 3.8) is 0 Å². The number of rotatable bonds is 5. The predicted octanol–water partition coefficient (Wildman–Crippen LogP) is 0.625. The molecule has 1 fully saturated rings. The largest absolute Gasteiger partial charge is 0.361 e. The fourth-order valence-electron chi connectivity index (χ4n) is 2.38. The van der Waals surface area contributed by atoms with E-state index in [-0.39, 0.29) is 5.91 Å². The topological polar surface area (TPSA) is 61.6 Å². The minimum absolute atomic E-state index is 0.175. The molecule has 0 atom stereocenters. The summed E-state index contributed by atoms with van der Waals surface area (Å²) in [6.07, 6.45) is 2.13. The van der Waals surface area contributed by atoms with Crippen molar-refractivity contribution in [2.75, 3.05) is 33.7 Å². The lowest BCUT2D eigenvalue weighted by atomic mass is 10.0. The van der Waals surface area contributed by atoms with E-state index >= 15 is 0 Å². The zero-order chi connectivity index (χ0) is 14.5. The summed E-state index contributed by atoms with van der Waals surface area (Å²) in [7, 11) is 3.60. The van der Waals surface area contributed by atoms with Crippen molar-refractivity contribution >= 4 is 5.91 Å². The van der Waals surface area contributed by atoms with Gasteiger partial charge in [0.1, 0.15) is 5.76 Å². The van der Waals surface area contributed by atoms with E-state index in [1.54, 1.807) is 19.0 Å². The third-order valence-corrected chi connectivity index (χ3v) is 3.69. The minimum atomic E-state index is 0.175. The van der Waals surface area contributed by atoms with E-state index in [1.807, 2.05) is 13.0 Å². The Morgan fingerprint density at radius 1 is 1.50 bits per heavy atom.